The average Bonchev–Trinajstić information content (AvgIpc) is 4.00. The van der Waals surface area contributed by atoms with E-state index in [-0.39, 0.29) is 56.7 Å². The maximum atomic E-state index is 14.4. The van der Waals surface area contributed by atoms with E-state index in [2.05, 4.69) is 22.1 Å². The van der Waals surface area contributed by atoms with Crippen molar-refractivity contribution in [2.75, 3.05) is 65.7 Å². The molecule has 2 aliphatic heterocycles. The highest BCUT2D eigenvalue weighted by Crippen LogP contribution is 2.37. The molecule has 4 amide bonds. The Kier molecular flexibility index (Phi) is 18.4. The normalized spacial score (nSPS) is 17.0. The van der Waals surface area contributed by atoms with E-state index in [1.807, 2.05) is 79.7 Å². The number of aryl methyl sites for hydroxylation is 1. The highest BCUT2D eigenvalue weighted by molar-refractivity contribution is 7.13. The summed E-state index contributed by atoms with van der Waals surface area (Å²) in [5.41, 5.74) is 8.91. The highest BCUT2D eigenvalue weighted by Gasteiger charge is 2.47. The summed E-state index contributed by atoms with van der Waals surface area (Å²) in [5, 5.41) is 34.5. The number of carbonyl (C=O) groups is 4. The molecule has 4 N–H and O–H groups in total. The predicted molar refractivity (Wildman–Crippen MR) is 280 cm³/mol. The number of likely N-dealkylation sites (tertiary alicyclic amines) is 1. The SMILES string of the molecule is CCC(=C(c1ccc(O)cc1)c1ccc(OCCN2CCN(C(=O)COCCON(C(C)=O)[C@H](C(=O)N3C[C@H](O)C[C@H]3C(=O)NCc3ccc(-c4scnc4C)cc3)C(C)(C)C)CC2)cc1)c1ccc(O)cc1. The smallest absolute Gasteiger partial charge is 0.249 e. The fourth-order valence-corrected chi connectivity index (χ4v) is 10.1. The summed E-state index contributed by atoms with van der Waals surface area (Å²) < 4.78 is 11.9. The van der Waals surface area contributed by atoms with Crippen LogP contribution >= 0.6 is 11.3 Å². The highest BCUT2D eigenvalue weighted by atomic mass is 32.1. The van der Waals surface area contributed by atoms with Crippen LogP contribution in [0.4, 0.5) is 0 Å². The van der Waals surface area contributed by atoms with Gasteiger partial charge >= 0.3 is 0 Å². The van der Waals surface area contributed by atoms with Crippen molar-refractivity contribution < 1.29 is 48.8 Å². The lowest BCUT2D eigenvalue weighted by atomic mass is 9.85. The third kappa shape index (κ3) is 14.1. The number of hydroxylamine groups is 2. The average molecular weight is 1020 g/mol. The molecule has 16 nitrogen and oxygen atoms in total. The van der Waals surface area contributed by atoms with Crippen LogP contribution in [-0.4, -0.2) is 148 Å². The van der Waals surface area contributed by atoms with Crippen molar-refractivity contribution in [1.29, 1.82) is 0 Å². The first-order valence-electron chi connectivity index (χ1n) is 24.8. The van der Waals surface area contributed by atoms with Crippen molar-refractivity contribution in [1.82, 2.24) is 30.1 Å². The molecule has 3 heterocycles. The third-order valence-corrected chi connectivity index (χ3v) is 14.1. The van der Waals surface area contributed by atoms with Gasteiger partial charge in [-0.1, -0.05) is 88.4 Å². The lowest BCUT2D eigenvalue weighted by molar-refractivity contribution is -0.218. The number of phenolic OH excluding ortho intramolecular Hbond substituents is 2. The first kappa shape index (κ1) is 54.2. The molecule has 73 heavy (non-hydrogen) atoms. The zero-order valence-electron chi connectivity index (χ0n) is 42.6. The van der Waals surface area contributed by atoms with E-state index in [9.17, 15) is 34.5 Å². The number of ether oxygens (including phenoxy) is 2. The first-order chi connectivity index (χ1) is 35.0. The molecule has 2 aliphatic rings. The summed E-state index contributed by atoms with van der Waals surface area (Å²) in [7, 11) is 0. The molecule has 0 unspecified atom stereocenters. The molecule has 388 valence electrons. The number of phenols is 2. The van der Waals surface area contributed by atoms with Gasteiger partial charge in [-0.2, -0.15) is 0 Å². The molecule has 5 aromatic rings. The minimum atomic E-state index is -1.14. The minimum Gasteiger partial charge on any atom is -0.508 e. The molecule has 2 fully saturated rings. The number of aliphatic hydroxyl groups excluding tert-OH is 1. The van der Waals surface area contributed by atoms with Crippen LogP contribution in [0.25, 0.3) is 21.6 Å². The van der Waals surface area contributed by atoms with Gasteiger partial charge < -0.3 is 39.9 Å². The van der Waals surface area contributed by atoms with Gasteiger partial charge in [-0.15, -0.1) is 11.3 Å². The zero-order chi connectivity index (χ0) is 52.2. The van der Waals surface area contributed by atoms with Crippen molar-refractivity contribution >= 4 is 46.1 Å². The zero-order valence-corrected chi connectivity index (χ0v) is 43.4. The standard InChI is InChI=1S/C56H68N6O10S/c1-7-48(40-12-18-44(64)19-13-40)51(41-14-20-45(65)21-15-41)42-16-22-47(23-17-42)71-29-28-59-24-26-60(27-25-59)50(67)35-70-30-31-72-62(38(3)63)53(56(4,5)6)55(69)61-34-46(66)32-49(61)54(68)57-33-39-8-10-43(11-9-39)52-37(2)58-36-73-52/h8-23,36,46,49,53,64-66H,7,24-35H2,1-6H3,(H,57,68)/t46-,49+,53-/m1/s1. The van der Waals surface area contributed by atoms with E-state index >= 15 is 0 Å². The monoisotopic (exact) mass is 1020 g/mol. The van der Waals surface area contributed by atoms with Gasteiger partial charge in [0.2, 0.25) is 23.6 Å². The van der Waals surface area contributed by atoms with Gasteiger partial charge in [0.25, 0.3) is 0 Å². The van der Waals surface area contributed by atoms with Crippen molar-refractivity contribution in [2.45, 2.75) is 79.1 Å². The van der Waals surface area contributed by atoms with Crippen molar-refractivity contribution in [3.8, 4) is 27.7 Å². The Bertz CT molecular complexity index is 2680. The van der Waals surface area contributed by atoms with Crippen LogP contribution in [0.5, 0.6) is 17.2 Å². The Morgan fingerprint density at radius 3 is 2.03 bits per heavy atom. The lowest BCUT2D eigenvalue weighted by Gasteiger charge is -2.40. The van der Waals surface area contributed by atoms with Crippen LogP contribution < -0.4 is 10.1 Å². The number of carbonyl (C=O) groups excluding carboxylic acids is 4. The van der Waals surface area contributed by atoms with Crippen LogP contribution in [-0.2, 0) is 35.3 Å². The van der Waals surface area contributed by atoms with E-state index in [1.165, 1.54) is 11.8 Å². The molecule has 4 aromatic carbocycles. The molecule has 2 saturated heterocycles. The Morgan fingerprint density at radius 2 is 1.45 bits per heavy atom. The summed E-state index contributed by atoms with van der Waals surface area (Å²) >= 11 is 1.56. The predicted octanol–water partition coefficient (Wildman–Crippen LogP) is 6.91. The number of amides is 4. The molecule has 0 spiro atoms. The van der Waals surface area contributed by atoms with Crippen LogP contribution in [0, 0.1) is 12.3 Å². The molecular weight excluding hydrogens is 949 g/mol. The second-order valence-electron chi connectivity index (χ2n) is 19.5. The Labute approximate surface area is 431 Å². The van der Waals surface area contributed by atoms with Gasteiger partial charge in [0.1, 0.15) is 42.5 Å². The van der Waals surface area contributed by atoms with Crippen LogP contribution in [0.3, 0.4) is 0 Å². The number of aliphatic hydroxyl groups is 1. The van der Waals surface area contributed by atoms with Crippen LogP contribution in [0.2, 0.25) is 0 Å². The number of aromatic hydroxyl groups is 2. The van der Waals surface area contributed by atoms with Crippen molar-refractivity contribution in [3.63, 3.8) is 0 Å². The summed E-state index contributed by atoms with van der Waals surface area (Å²) in [6, 6.07) is 28.0. The maximum absolute atomic E-state index is 14.4. The van der Waals surface area contributed by atoms with Gasteiger partial charge in [-0.25, -0.2) is 10.0 Å². The molecule has 0 saturated carbocycles. The Morgan fingerprint density at radius 1 is 0.836 bits per heavy atom. The molecule has 0 bridgehead atoms. The fraction of sp³-hybridized carbons (Fsp3) is 0.411. The molecule has 0 aliphatic carbocycles. The third-order valence-electron chi connectivity index (χ3n) is 13.1. The van der Waals surface area contributed by atoms with E-state index in [0.29, 0.717) is 39.3 Å². The Balaban J connectivity index is 0.843. The van der Waals surface area contributed by atoms with E-state index in [1.54, 1.807) is 66.8 Å². The number of hydrogen-bond acceptors (Lipinski definition) is 13. The molecule has 7 rings (SSSR count). The van der Waals surface area contributed by atoms with E-state index < -0.39 is 41.3 Å². The minimum absolute atomic E-state index is 0.0241. The molecule has 17 heteroatoms. The Hall–Kier alpha value is -6.63. The molecular formula is C56H68N6O10S. The first-order valence-corrected chi connectivity index (χ1v) is 25.7. The number of β-amino-alcohol motifs (C(OH)–C–C–N with tert-alkyl or cyclic N) is 1. The quantitative estimate of drug-likeness (QED) is 0.0358. The maximum Gasteiger partial charge on any atom is 0.249 e. The van der Waals surface area contributed by atoms with Crippen LogP contribution in [0.15, 0.2) is 103 Å². The number of thiazole rings is 1. The number of nitrogens with one attached hydrogen (secondary N) is 1. The van der Waals surface area contributed by atoms with E-state index in [0.717, 1.165) is 66.8 Å². The summed E-state index contributed by atoms with van der Waals surface area (Å²) in [6.07, 6.45) is -0.130. The second-order valence-corrected chi connectivity index (χ2v) is 20.3. The number of nitrogens with zero attached hydrogens (tertiary/aromatic N) is 5. The van der Waals surface area contributed by atoms with Crippen molar-refractivity contribution in [2.24, 2.45) is 5.41 Å². The van der Waals surface area contributed by atoms with Gasteiger partial charge in [0.05, 0.1) is 35.4 Å². The van der Waals surface area contributed by atoms with Gasteiger partial charge in [0, 0.05) is 59.2 Å². The van der Waals surface area contributed by atoms with Crippen LogP contribution in [0.1, 0.15) is 75.4 Å². The fourth-order valence-electron chi connectivity index (χ4n) is 9.30. The topological polar surface area (TPSA) is 195 Å². The summed E-state index contributed by atoms with van der Waals surface area (Å²) in [5.74, 6) is -0.501. The summed E-state index contributed by atoms with van der Waals surface area (Å²) in [6.45, 7) is 14.1. The number of hydrogen-bond donors (Lipinski definition) is 4. The van der Waals surface area contributed by atoms with E-state index in [4.69, 9.17) is 14.3 Å². The van der Waals surface area contributed by atoms with Gasteiger partial charge in [-0.3, -0.25) is 28.9 Å². The lowest BCUT2D eigenvalue weighted by Crippen LogP contribution is -2.58. The number of piperazine rings is 1. The number of rotatable bonds is 20. The number of allylic oxidation sites excluding steroid dienone is 1. The van der Waals surface area contributed by atoms with Gasteiger partial charge in [-0.05, 0) is 94.1 Å². The number of benzene rings is 4. The molecule has 0 radical (unpaired) electrons. The number of aromatic nitrogens is 1. The van der Waals surface area contributed by atoms with Crippen molar-refractivity contribution in [3.05, 3.63) is 131 Å². The molecule has 3 atom stereocenters. The summed E-state index contributed by atoms with van der Waals surface area (Å²) in [4.78, 5) is 70.8. The largest absolute Gasteiger partial charge is 0.508 e. The molecule has 1 aromatic heterocycles. The second kappa shape index (κ2) is 24.9. The van der Waals surface area contributed by atoms with Gasteiger partial charge in [0.15, 0.2) is 0 Å².